The van der Waals surface area contributed by atoms with Gasteiger partial charge in [-0.2, -0.15) is 0 Å². The van der Waals surface area contributed by atoms with Crippen molar-refractivity contribution in [1.82, 2.24) is 14.5 Å². The Bertz CT molecular complexity index is 646. The van der Waals surface area contributed by atoms with Crippen LogP contribution >= 0.6 is 15.9 Å². The maximum absolute atomic E-state index is 5.87. The molecule has 0 aliphatic heterocycles. The summed E-state index contributed by atoms with van der Waals surface area (Å²) in [4.78, 5) is 9.13. The topological polar surface area (TPSA) is 39.9 Å². The molecule has 4 nitrogen and oxygen atoms in total. The van der Waals surface area contributed by atoms with Gasteiger partial charge in [0.1, 0.15) is 16.9 Å². The first-order chi connectivity index (χ1) is 9.94. The van der Waals surface area contributed by atoms with E-state index >= 15 is 0 Å². The molecule has 1 saturated carbocycles. The summed E-state index contributed by atoms with van der Waals surface area (Å²) in [5.74, 6) is 0.666. The van der Waals surface area contributed by atoms with Gasteiger partial charge in [-0.15, -0.1) is 0 Å². The van der Waals surface area contributed by atoms with Crippen molar-refractivity contribution in [1.29, 1.82) is 0 Å². The molecule has 1 aliphatic rings. The van der Waals surface area contributed by atoms with Crippen molar-refractivity contribution >= 4 is 35.2 Å². The summed E-state index contributed by atoms with van der Waals surface area (Å²) < 4.78 is 8.77. The van der Waals surface area contributed by atoms with Crippen molar-refractivity contribution < 1.29 is 4.74 Å². The van der Waals surface area contributed by atoms with E-state index in [1.165, 1.54) is 24.4 Å². The van der Waals surface area contributed by atoms with E-state index in [0.29, 0.717) is 12.6 Å². The highest BCUT2D eigenvalue weighted by Gasteiger charge is 2.28. The Morgan fingerprint density at radius 2 is 2.14 bits per heavy atom. The van der Waals surface area contributed by atoms with Gasteiger partial charge in [0.05, 0.1) is 6.20 Å². The SMILES string of the molecule is C[Si](C)(C)CCOCn1cc(C2CC2)c2nc(Br)cnc21. The highest BCUT2D eigenvalue weighted by atomic mass is 79.9. The van der Waals surface area contributed by atoms with Crippen LogP contribution in [0.3, 0.4) is 0 Å². The lowest BCUT2D eigenvalue weighted by atomic mass is 10.2. The van der Waals surface area contributed by atoms with E-state index in [9.17, 15) is 0 Å². The Morgan fingerprint density at radius 1 is 1.38 bits per heavy atom. The molecule has 6 heteroatoms. The van der Waals surface area contributed by atoms with E-state index < -0.39 is 8.07 Å². The van der Waals surface area contributed by atoms with Crippen molar-refractivity contribution in [3.05, 3.63) is 22.6 Å². The van der Waals surface area contributed by atoms with Crippen molar-refractivity contribution in [2.45, 2.75) is 51.2 Å². The van der Waals surface area contributed by atoms with Gasteiger partial charge < -0.3 is 9.30 Å². The van der Waals surface area contributed by atoms with Gasteiger partial charge in [0.15, 0.2) is 5.65 Å². The molecule has 1 aliphatic carbocycles. The summed E-state index contributed by atoms with van der Waals surface area (Å²) in [6.07, 6.45) is 6.48. The fourth-order valence-electron chi connectivity index (χ4n) is 2.39. The Kier molecular flexibility index (Phi) is 4.20. The Hall–Kier alpha value is -0.723. The average molecular weight is 368 g/mol. The van der Waals surface area contributed by atoms with E-state index in [1.54, 1.807) is 6.20 Å². The summed E-state index contributed by atoms with van der Waals surface area (Å²) >= 11 is 3.42. The largest absolute Gasteiger partial charge is 0.361 e. The molecule has 0 N–H and O–H groups in total. The molecule has 0 atom stereocenters. The number of halogens is 1. The van der Waals surface area contributed by atoms with E-state index in [1.807, 2.05) is 0 Å². The monoisotopic (exact) mass is 367 g/mol. The van der Waals surface area contributed by atoms with Crippen molar-refractivity contribution in [3.8, 4) is 0 Å². The number of fused-ring (bicyclic) bond motifs is 1. The van der Waals surface area contributed by atoms with Crippen LogP contribution in [0.25, 0.3) is 11.2 Å². The van der Waals surface area contributed by atoms with Crippen LogP contribution in [-0.4, -0.2) is 29.2 Å². The second kappa shape index (κ2) is 5.82. The maximum Gasteiger partial charge on any atom is 0.160 e. The van der Waals surface area contributed by atoms with Crippen molar-refractivity contribution in [2.24, 2.45) is 0 Å². The zero-order valence-corrected chi connectivity index (χ0v) is 15.5. The molecule has 0 saturated heterocycles. The van der Waals surface area contributed by atoms with Crippen LogP contribution < -0.4 is 0 Å². The Labute approximate surface area is 135 Å². The second-order valence-corrected chi connectivity index (χ2v) is 13.5. The average Bonchev–Trinajstić information content (AvgIpc) is 3.17. The standard InChI is InChI=1S/C15H22BrN3OSi/c1-21(2,3)7-6-20-10-19-9-12(11-4-5-11)14-15(19)17-8-13(16)18-14/h8-9,11H,4-7,10H2,1-3H3. The Morgan fingerprint density at radius 3 is 2.81 bits per heavy atom. The van der Waals surface area contributed by atoms with Gasteiger partial charge in [-0.25, -0.2) is 9.97 Å². The van der Waals surface area contributed by atoms with Crippen LogP contribution in [-0.2, 0) is 11.5 Å². The molecule has 0 unspecified atom stereocenters. The van der Waals surface area contributed by atoms with Crippen LogP contribution in [0, 0.1) is 0 Å². The molecule has 114 valence electrons. The third kappa shape index (κ3) is 3.73. The first-order valence-corrected chi connectivity index (χ1v) is 12.0. The van der Waals surface area contributed by atoms with E-state index in [0.717, 1.165) is 22.4 Å². The normalized spacial score (nSPS) is 15.8. The second-order valence-electron chi connectivity index (χ2n) is 7.04. The minimum Gasteiger partial charge on any atom is -0.361 e. The number of ether oxygens (including phenoxy) is 1. The summed E-state index contributed by atoms with van der Waals surface area (Å²) in [5.41, 5.74) is 3.29. The molecule has 0 aromatic carbocycles. The van der Waals surface area contributed by atoms with Gasteiger partial charge in [-0.05, 0) is 40.7 Å². The third-order valence-electron chi connectivity index (χ3n) is 3.81. The predicted molar refractivity (Wildman–Crippen MR) is 91.3 cm³/mol. The van der Waals surface area contributed by atoms with Crippen LogP contribution in [0.2, 0.25) is 25.7 Å². The number of aromatic nitrogens is 3. The van der Waals surface area contributed by atoms with Gasteiger partial charge in [0.25, 0.3) is 0 Å². The van der Waals surface area contributed by atoms with Gasteiger partial charge in [-0.1, -0.05) is 19.6 Å². The minimum absolute atomic E-state index is 0.573. The van der Waals surface area contributed by atoms with Gasteiger partial charge in [-0.3, -0.25) is 0 Å². The molecule has 3 rings (SSSR count). The van der Waals surface area contributed by atoms with Crippen LogP contribution in [0.4, 0.5) is 0 Å². The smallest absolute Gasteiger partial charge is 0.160 e. The molecule has 2 aromatic rings. The molecule has 0 amide bonds. The van der Waals surface area contributed by atoms with E-state index in [2.05, 4.69) is 56.3 Å². The molecule has 0 radical (unpaired) electrons. The third-order valence-corrected chi connectivity index (χ3v) is 5.89. The van der Waals surface area contributed by atoms with Gasteiger partial charge >= 0.3 is 0 Å². The summed E-state index contributed by atoms with van der Waals surface area (Å²) in [6, 6.07) is 1.19. The van der Waals surface area contributed by atoms with E-state index in [4.69, 9.17) is 4.74 Å². The fraction of sp³-hybridized carbons (Fsp3) is 0.600. The first kappa shape index (κ1) is 15.2. The molecule has 1 fully saturated rings. The predicted octanol–water partition coefficient (Wildman–Crippen LogP) is 4.38. The fourth-order valence-corrected chi connectivity index (χ4v) is 3.42. The van der Waals surface area contributed by atoms with Gasteiger partial charge in [0, 0.05) is 26.4 Å². The molecular formula is C15H22BrN3OSi. The zero-order chi connectivity index (χ0) is 15.0. The van der Waals surface area contributed by atoms with Gasteiger partial charge in [0.2, 0.25) is 0 Å². The first-order valence-electron chi connectivity index (χ1n) is 7.53. The highest BCUT2D eigenvalue weighted by Crippen LogP contribution is 2.43. The van der Waals surface area contributed by atoms with Crippen LogP contribution in [0.1, 0.15) is 24.3 Å². The molecule has 2 heterocycles. The lowest BCUT2D eigenvalue weighted by Gasteiger charge is -2.15. The lowest BCUT2D eigenvalue weighted by Crippen LogP contribution is -2.22. The molecule has 0 bridgehead atoms. The van der Waals surface area contributed by atoms with Crippen molar-refractivity contribution in [3.63, 3.8) is 0 Å². The lowest BCUT2D eigenvalue weighted by molar-refractivity contribution is 0.0898. The molecular weight excluding hydrogens is 346 g/mol. The number of rotatable bonds is 6. The summed E-state index contributed by atoms with van der Waals surface area (Å²) in [7, 11) is -1.03. The highest BCUT2D eigenvalue weighted by molar-refractivity contribution is 9.10. The quantitative estimate of drug-likeness (QED) is 0.561. The molecule has 0 spiro atoms. The van der Waals surface area contributed by atoms with Crippen LogP contribution in [0.5, 0.6) is 0 Å². The number of hydrogen-bond donors (Lipinski definition) is 0. The summed E-state index contributed by atoms with van der Waals surface area (Å²) in [5, 5.41) is 0. The zero-order valence-electron chi connectivity index (χ0n) is 12.9. The summed E-state index contributed by atoms with van der Waals surface area (Å²) in [6.45, 7) is 8.52. The molecule has 21 heavy (non-hydrogen) atoms. The Balaban J connectivity index is 1.76. The maximum atomic E-state index is 5.87. The number of hydrogen-bond acceptors (Lipinski definition) is 3. The van der Waals surface area contributed by atoms with E-state index in [-0.39, 0.29) is 0 Å². The minimum atomic E-state index is -1.03. The van der Waals surface area contributed by atoms with Crippen LogP contribution in [0.15, 0.2) is 17.0 Å². The number of nitrogens with zero attached hydrogens (tertiary/aromatic N) is 3. The van der Waals surface area contributed by atoms with Crippen molar-refractivity contribution in [2.75, 3.05) is 6.61 Å². The molecule has 2 aromatic heterocycles.